The third kappa shape index (κ3) is 8.13. The predicted molar refractivity (Wildman–Crippen MR) is 129 cm³/mol. The standard InChI is InChI=1S/C26H32N2O7/c1-5-27(6-2)23(29)17-33-25(31)19-9-13-21(14-10-19)35-22-15-11-20(12-16-22)26(32)34-18-24(30)28(7-3)8-4/h9-16H,5-8,17-18H2,1-4H3. The summed E-state index contributed by atoms with van der Waals surface area (Å²) in [7, 11) is 0. The second-order valence-corrected chi connectivity index (χ2v) is 7.44. The molecule has 9 heteroatoms. The van der Waals surface area contributed by atoms with Crippen molar-refractivity contribution in [2.24, 2.45) is 0 Å². The van der Waals surface area contributed by atoms with Gasteiger partial charge in [0, 0.05) is 26.2 Å². The Morgan fingerprint density at radius 1 is 0.571 bits per heavy atom. The quantitative estimate of drug-likeness (QED) is 0.425. The third-order valence-electron chi connectivity index (χ3n) is 5.30. The van der Waals surface area contributed by atoms with Crippen molar-refractivity contribution in [3.05, 3.63) is 59.7 Å². The number of carbonyl (C=O) groups excluding carboxylic acids is 4. The van der Waals surface area contributed by atoms with Crippen LogP contribution in [0.1, 0.15) is 48.4 Å². The fourth-order valence-electron chi connectivity index (χ4n) is 3.21. The van der Waals surface area contributed by atoms with Gasteiger partial charge in [-0.1, -0.05) is 0 Å². The molecule has 188 valence electrons. The first-order valence-corrected chi connectivity index (χ1v) is 11.6. The minimum absolute atomic E-state index is 0.244. The average molecular weight is 485 g/mol. The van der Waals surface area contributed by atoms with Crippen LogP contribution in [0.3, 0.4) is 0 Å². The molecule has 0 aromatic heterocycles. The van der Waals surface area contributed by atoms with Crippen LogP contribution in [0.2, 0.25) is 0 Å². The second kappa shape index (κ2) is 13.7. The Hall–Kier alpha value is -3.88. The van der Waals surface area contributed by atoms with E-state index in [0.29, 0.717) is 48.8 Å². The van der Waals surface area contributed by atoms with E-state index in [1.807, 2.05) is 27.7 Å². The van der Waals surface area contributed by atoms with Crippen LogP contribution in [0.25, 0.3) is 0 Å². The number of hydrogen-bond acceptors (Lipinski definition) is 7. The van der Waals surface area contributed by atoms with Gasteiger partial charge in [-0.2, -0.15) is 0 Å². The third-order valence-corrected chi connectivity index (χ3v) is 5.30. The molecule has 0 aliphatic carbocycles. The highest BCUT2D eigenvalue weighted by molar-refractivity contribution is 5.92. The number of carbonyl (C=O) groups is 4. The van der Waals surface area contributed by atoms with E-state index in [-0.39, 0.29) is 25.0 Å². The van der Waals surface area contributed by atoms with Crippen molar-refractivity contribution in [3.8, 4) is 11.5 Å². The summed E-state index contributed by atoms with van der Waals surface area (Å²) in [6, 6.07) is 12.6. The Balaban J connectivity index is 1.88. The van der Waals surface area contributed by atoms with E-state index >= 15 is 0 Å². The average Bonchev–Trinajstić information content (AvgIpc) is 2.88. The molecule has 9 nitrogen and oxygen atoms in total. The number of rotatable bonds is 12. The van der Waals surface area contributed by atoms with Crippen LogP contribution in [0, 0.1) is 0 Å². The molecule has 0 aliphatic rings. The van der Waals surface area contributed by atoms with Crippen LogP contribution < -0.4 is 4.74 Å². The molecule has 2 amide bonds. The van der Waals surface area contributed by atoms with Crippen molar-refractivity contribution in [2.45, 2.75) is 27.7 Å². The molecule has 0 atom stereocenters. The summed E-state index contributed by atoms with van der Waals surface area (Å²) in [6.45, 7) is 9.03. The molecule has 2 aromatic rings. The molecule has 2 aromatic carbocycles. The molecule has 0 aliphatic heterocycles. The van der Waals surface area contributed by atoms with Crippen LogP contribution in [0.5, 0.6) is 11.5 Å². The molecular formula is C26H32N2O7. The zero-order chi connectivity index (χ0) is 25.8. The second-order valence-electron chi connectivity index (χ2n) is 7.44. The van der Waals surface area contributed by atoms with Crippen LogP contribution in [-0.4, -0.2) is 72.9 Å². The van der Waals surface area contributed by atoms with Gasteiger partial charge in [0.05, 0.1) is 11.1 Å². The zero-order valence-electron chi connectivity index (χ0n) is 20.6. The van der Waals surface area contributed by atoms with Gasteiger partial charge >= 0.3 is 11.9 Å². The van der Waals surface area contributed by atoms with Crippen LogP contribution in [0.15, 0.2) is 48.5 Å². The predicted octanol–water partition coefficient (Wildman–Crippen LogP) is 3.53. The van der Waals surface area contributed by atoms with Crippen molar-refractivity contribution < 1.29 is 33.4 Å². The zero-order valence-corrected chi connectivity index (χ0v) is 20.6. The topological polar surface area (TPSA) is 102 Å². The highest BCUT2D eigenvalue weighted by Crippen LogP contribution is 2.22. The van der Waals surface area contributed by atoms with E-state index in [1.54, 1.807) is 34.1 Å². The number of nitrogens with zero attached hydrogens (tertiary/aromatic N) is 2. The minimum atomic E-state index is -0.598. The van der Waals surface area contributed by atoms with Gasteiger partial charge in [0.2, 0.25) is 0 Å². The van der Waals surface area contributed by atoms with Crippen LogP contribution >= 0.6 is 0 Å². The Kier molecular flexibility index (Phi) is 10.7. The van der Waals surface area contributed by atoms with Gasteiger partial charge in [-0.15, -0.1) is 0 Å². The van der Waals surface area contributed by atoms with Gasteiger partial charge in [0.1, 0.15) is 11.5 Å². The summed E-state index contributed by atoms with van der Waals surface area (Å²) in [5.41, 5.74) is 0.587. The number of esters is 2. The first kappa shape index (κ1) is 27.4. The van der Waals surface area contributed by atoms with Gasteiger partial charge < -0.3 is 24.0 Å². The monoisotopic (exact) mass is 484 g/mol. The normalized spacial score (nSPS) is 10.3. The smallest absolute Gasteiger partial charge is 0.338 e. The molecule has 0 radical (unpaired) electrons. The summed E-state index contributed by atoms with van der Waals surface area (Å²) in [5, 5.41) is 0. The molecule has 0 spiro atoms. The maximum atomic E-state index is 12.2. The van der Waals surface area contributed by atoms with Gasteiger partial charge in [0.15, 0.2) is 13.2 Å². The van der Waals surface area contributed by atoms with Crippen LogP contribution in [0.4, 0.5) is 0 Å². The molecule has 2 rings (SSSR count). The maximum absolute atomic E-state index is 12.2. The van der Waals surface area contributed by atoms with Gasteiger partial charge in [-0.05, 0) is 76.2 Å². The van der Waals surface area contributed by atoms with Crippen molar-refractivity contribution >= 4 is 23.8 Å². The lowest BCUT2D eigenvalue weighted by atomic mass is 10.2. The molecule has 0 saturated heterocycles. The first-order chi connectivity index (χ1) is 16.8. The van der Waals surface area contributed by atoms with Gasteiger partial charge in [0.25, 0.3) is 11.8 Å². The van der Waals surface area contributed by atoms with Crippen molar-refractivity contribution in [3.63, 3.8) is 0 Å². The minimum Gasteiger partial charge on any atom is -0.457 e. The number of amides is 2. The molecule has 0 bridgehead atoms. The molecule has 35 heavy (non-hydrogen) atoms. The summed E-state index contributed by atoms with van der Waals surface area (Å²) in [6.07, 6.45) is 0. The lowest BCUT2D eigenvalue weighted by Crippen LogP contribution is -2.34. The molecule has 0 heterocycles. The molecule has 0 saturated carbocycles. The summed E-state index contributed by atoms with van der Waals surface area (Å²) >= 11 is 0. The lowest BCUT2D eigenvalue weighted by molar-refractivity contribution is -0.134. The van der Waals surface area contributed by atoms with Crippen LogP contribution in [-0.2, 0) is 19.1 Å². The highest BCUT2D eigenvalue weighted by Gasteiger charge is 2.15. The van der Waals surface area contributed by atoms with Gasteiger partial charge in [-0.25, -0.2) is 9.59 Å². The SMILES string of the molecule is CCN(CC)C(=O)COC(=O)c1ccc(Oc2ccc(C(=O)OCC(=O)N(CC)CC)cc2)cc1. The van der Waals surface area contributed by atoms with E-state index in [1.165, 1.54) is 24.3 Å². The number of ether oxygens (including phenoxy) is 3. The maximum Gasteiger partial charge on any atom is 0.338 e. The Morgan fingerprint density at radius 3 is 1.17 bits per heavy atom. The summed E-state index contributed by atoms with van der Waals surface area (Å²) in [5.74, 6) is -0.738. The highest BCUT2D eigenvalue weighted by atomic mass is 16.5. The molecular weight excluding hydrogens is 452 g/mol. The van der Waals surface area contributed by atoms with Crippen molar-refractivity contribution in [2.75, 3.05) is 39.4 Å². The van der Waals surface area contributed by atoms with E-state index < -0.39 is 11.9 Å². The summed E-state index contributed by atoms with van der Waals surface area (Å²) in [4.78, 5) is 51.5. The molecule has 0 unspecified atom stereocenters. The number of likely N-dealkylation sites (N-methyl/N-ethyl adjacent to an activating group) is 2. The van der Waals surface area contributed by atoms with Crippen molar-refractivity contribution in [1.29, 1.82) is 0 Å². The Bertz CT molecular complexity index is 914. The lowest BCUT2D eigenvalue weighted by Gasteiger charge is -2.18. The number of benzene rings is 2. The molecule has 0 N–H and O–H groups in total. The van der Waals surface area contributed by atoms with E-state index in [0.717, 1.165) is 0 Å². The van der Waals surface area contributed by atoms with Gasteiger partial charge in [-0.3, -0.25) is 9.59 Å². The van der Waals surface area contributed by atoms with E-state index in [2.05, 4.69) is 0 Å². The van der Waals surface area contributed by atoms with E-state index in [9.17, 15) is 19.2 Å². The molecule has 0 fully saturated rings. The largest absolute Gasteiger partial charge is 0.457 e. The fourth-order valence-corrected chi connectivity index (χ4v) is 3.21. The Morgan fingerprint density at radius 2 is 0.886 bits per heavy atom. The Labute approximate surface area is 205 Å². The van der Waals surface area contributed by atoms with E-state index in [4.69, 9.17) is 14.2 Å². The number of hydrogen-bond donors (Lipinski definition) is 0. The fraction of sp³-hybridized carbons (Fsp3) is 0.385. The first-order valence-electron chi connectivity index (χ1n) is 11.6. The van der Waals surface area contributed by atoms with Crippen molar-refractivity contribution in [1.82, 2.24) is 9.80 Å². The summed E-state index contributed by atoms with van der Waals surface area (Å²) < 4.78 is 15.9.